The van der Waals surface area contributed by atoms with Crippen molar-refractivity contribution < 1.29 is 4.79 Å². The number of hydrogen-bond donors (Lipinski definition) is 2. The summed E-state index contributed by atoms with van der Waals surface area (Å²) in [4.78, 5) is 10.8. The number of hydrogen-bond acceptors (Lipinski definition) is 1. The van der Waals surface area contributed by atoms with Crippen LogP contribution < -0.4 is 10.6 Å². The van der Waals surface area contributed by atoms with Crippen LogP contribution in [-0.4, -0.2) is 18.1 Å². The number of urea groups is 1. The monoisotopic (exact) mass is 140 g/mol. The van der Waals surface area contributed by atoms with E-state index in [9.17, 15) is 4.79 Å². The number of rotatable bonds is 0. The number of fused-ring (bicyclic) bond motifs is 1. The average Bonchev–Trinajstić information content (AvgIpc) is 2.27. The number of nitrogens with one attached hydrogen (secondary N) is 2. The van der Waals surface area contributed by atoms with Crippen LogP contribution in [0.2, 0.25) is 0 Å². The normalized spacial score (nSPS) is 38.2. The highest BCUT2D eigenvalue weighted by molar-refractivity contribution is 5.77. The lowest BCUT2D eigenvalue weighted by Gasteiger charge is -2.22. The van der Waals surface area contributed by atoms with Crippen molar-refractivity contribution in [3.8, 4) is 0 Å². The molecule has 1 saturated heterocycles. The lowest BCUT2D eigenvalue weighted by Crippen LogP contribution is -2.36. The van der Waals surface area contributed by atoms with Gasteiger partial charge in [-0.2, -0.15) is 0 Å². The second-order valence-corrected chi connectivity index (χ2v) is 3.12. The van der Waals surface area contributed by atoms with Crippen LogP contribution >= 0.6 is 0 Å². The summed E-state index contributed by atoms with van der Waals surface area (Å²) in [6.07, 6.45) is 4.85. The Morgan fingerprint density at radius 3 is 2.10 bits per heavy atom. The highest BCUT2D eigenvalue weighted by Gasteiger charge is 2.32. The van der Waals surface area contributed by atoms with E-state index in [0.717, 1.165) is 12.8 Å². The molecule has 1 unspecified atom stereocenters. The summed E-state index contributed by atoms with van der Waals surface area (Å²) in [5.74, 6) is 0. The molecule has 56 valence electrons. The summed E-state index contributed by atoms with van der Waals surface area (Å²) in [6, 6.07) is 0.888. The predicted molar refractivity (Wildman–Crippen MR) is 37.7 cm³/mol. The van der Waals surface area contributed by atoms with Crippen LogP contribution in [0, 0.1) is 0 Å². The Morgan fingerprint density at radius 1 is 1.10 bits per heavy atom. The Labute approximate surface area is 60.2 Å². The van der Waals surface area contributed by atoms with E-state index in [1.165, 1.54) is 12.8 Å². The van der Waals surface area contributed by atoms with Crippen LogP contribution in [0.4, 0.5) is 4.79 Å². The van der Waals surface area contributed by atoms with Gasteiger partial charge in [-0.05, 0) is 12.8 Å². The minimum absolute atomic E-state index is 0.0249. The molecule has 1 heterocycles. The van der Waals surface area contributed by atoms with Gasteiger partial charge in [0, 0.05) is 0 Å². The fourth-order valence-electron chi connectivity index (χ4n) is 1.85. The maximum atomic E-state index is 10.8. The van der Waals surface area contributed by atoms with Crippen molar-refractivity contribution in [3.05, 3.63) is 0 Å². The van der Waals surface area contributed by atoms with Crippen LogP contribution in [0.25, 0.3) is 0 Å². The molecule has 2 N–H and O–H groups in total. The van der Waals surface area contributed by atoms with Crippen molar-refractivity contribution in [1.29, 1.82) is 0 Å². The molecule has 2 aliphatic rings. The third kappa shape index (κ3) is 0.856. The second-order valence-electron chi connectivity index (χ2n) is 3.12. The maximum absolute atomic E-state index is 10.8. The molecule has 1 aliphatic heterocycles. The average molecular weight is 140 g/mol. The highest BCUT2D eigenvalue weighted by Crippen LogP contribution is 2.20. The van der Waals surface area contributed by atoms with E-state index >= 15 is 0 Å². The van der Waals surface area contributed by atoms with E-state index in [2.05, 4.69) is 10.6 Å². The molecule has 10 heavy (non-hydrogen) atoms. The van der Waals surface area contributed by atoms with Crippen molar-refractivity contribution >= 4 is 6.03 Å². The first-order valence-electron chi connectivity index (χ1n) is 3.93. The van der Waals surface area contributed by atoms with Gasteiger partial charge < -0.3 is 10.6 Å². The minimum Gasteiger partial charge on any atom is -0.333 e. The topological polar surface area (TPSA) is 41.1 Å². The summed E-state index contributed by atoms with van der Waals surface area (Å²) in [6.45, 7) is 0. The Kier molecular flexibility index (Phi) is 1.29. The molecule has 2 amide bonds. The highest BCUT2D eigenvalue weighted by atomic mass is 16.2. The zero-order valence-corrected chi connectivity index (χ0v) is 5.89. The predicted octanol–water partition coefficient (Wildman–Crippen LogP) is 0.610. The van der Waals surface area contributed by atoms with Crippen molar-refractivity contribution in [2.75, 3.05) is 0 Å². The summed E-state index contributed by atoms with van der Waals surface area (Å²) in [5, 5.41) is 5.81. The van der Waals surface area contributed by atoms with E-state index in [1.54, 1.807) is 0 Å². The molecule has 3 heteroatoms. The molecule has 2 fully saturated rings. The molecule has 0 aromatic carbocycles. The maximum Gasteiger partial charge on any atom is 0.315 e. The van der Waals surface area contributed by atoms with Crippen LogP contribution in [-0.2, 0) is 0 Å². The first-order valence-corrected chi connectivity index (χ1v) is 3.93. The van der Waals surface area contributed by atoms with Gasteiger partial charge in [0.2, 0.25) is 0 Å². The second kappa shape index (κ2) is 2.15. The van der Waals surface area contributed by atoms with Gasteiger partial charge >= 0.3 is 6.03 Å². The molecule has 1 aliphatic carbocycles. The molecular formula is C7H12N2O. The van der Waals surface area contributed by atoms with Crippen LogP contribution in [0.3, 0.4) is 0 Å². The van der Waals surface area contributed by atoms with E-state index < -0.39 is 0 Å². The van der Waals surface area contributed by atoms with E-state index in [1.807, 2.05) is 0 Å². The van der Waals surface area contributed by atoms with Gasteiger partial charge in [-0.15, -0.1) is 0 Å². The smallest absolute Gasteiger partial charge is 0.315 e. The Morgan fingerprint density at radius 2 is 1.60 bits per heavy atom. The zero-order valence-electron chi connectivity index (χ0n) is 5.89. The van der Waals surface area contributed by atoms with E-state index in [4.69, 9.17) is 0 Å². The molecule has 2 rings (SSSR count). The van der Waals surface area contributed by atoms with Crippen molar-refractivity contribution in [1.82, 2.24) is 10.6 Å². The first-order chi connectivity index (χ1) is 4.86. The van der Waals surface area contributed by atoms with E-state index in [0.29, 0.717) is 12.1 Å². The van der Waals surface area contributed by atoms with Crippen molar-refractivity contribution in [2.45, 2.75) is 37.8 Å². The fraction of sp³-hybridized carbons (Fsp3) is 0.857. The molecule has 0 radical (unpaired) electrons. The number of carbonyl (C=O) groups is 1. The standard InChI is InChI=1S/C7H12N2O/c10-7-8-5-3-1-2-4-6(5)9-7/h5-6H,1-4H2,(H2,8,9,10)/t5-,6?/m0/s1. The SMILES string of the molecule is O=C1NC2CCCC[C@@H]2N1. The number of amides is 2. The first kappa shape index (κ1) is 6.01. The quantitative estimate of drug-likeness (QED) is 0.508. The van der Waals surface area contributed by atoms with Gasteiger partial charge in [-0.25, -0.2) is 4.79 Å². The summed E-state index contributed by atoms with van der Waals surface area (Å²) < 4.78 is 0. The van der Waals surface area contributed by atoms with Crippen LogP contribution in [0.5, 0.6) is 0 Å². The summed E-state index contributed by atoms with van der Waals surface area (Å²) in [5.41, 5.74) is 0. The molecule has 0 bridgehead atoms. The third-order valence-corrected chi connectivity index (χ3v) is 2.40. The molecule has 2 atom stereocenters. The zero-order chi connectivity index (χ0) is 6.97. The third-order valence-electron chi connectivity index (χ3n) is 2.40. The van der Waals surface area contributed by atoms with Gasteiger partial charge in [-0.1, -0.05) is 12.8 Å². The van der Waals surface area contributed by atoms with Gasteiger partial charge in [0.05, 0.1) is 12.1 Å². The summed E-state index contributed by atoms with van der Waals surface area (Å²) >= 11 is 0. The van der Waals surface area contributed by atoms with E-state index in [-0.39, 0.29) is 6.03 Å². The lowest BCUT2D eigenvalue weighted by atomic mass is 9.92. The molecule has 0 aromatic heterocycles. The molecule has 0 spiro atoms. The van der Waals surface area contributed by atoms with Gasteiger partial charge in [0.25, 0.3) is 0 Å². The number of carbonyl (C=O) groups excluding carboxylic acids is 1. The molecular weight excluding hydrogens is 128 g/mol. The Bertz CT molecular complexity index is 142. The minimum atomic E-state index is 0.0249. The summed E-state index contributed by atoms with van der Waals surface area (Å²) in [7, 11) is 0. The molecule has 3 nitrogen and oxygen atoms in total. The fourth-order valence-corrected chi connectivity index (χ4v) is 1.85. The Hall–Kier alpha value is -0.730. The lowest BCUT2D eigenvalue weighted by molar-refractivity contribution is 0.247. The van der Waals surface area contributed by atoms with Gasteiger partial charge in [-0.3, -0.25) is 0 Å². The van der Waals surface area contributed by atoms with Crippen LogP contribution in [0.1, 0.15) is 25.7 Å². The van der Waals surface area contributed by atoms with Gasteiger partial charge in [0.15, 0.2) is 0 Å². The van der Waals surface area contributed by atoms with Crippen molar-refractivity contribution in [3.63, 3.8) is 0 Å². The Balaban J connectivity index is 2.04. The molecule has 1 saturated carbocycles. The van der Waals surface area contributed by atoms with Crippen LogP contribution in [0.15, 0.2) is 0 Å². The largest absolute Gasteiger partial charge is 0.333 e. The van der Waals surface area contributed by atoms with Crippen molar-refractivity contribution in [2.24, 2.45) is 0 Å². The van der Waals surface area contributed by atoms with Gasteiger partial charge in [0.1, 0.15) is 0 Å². The molecule has 0 aromatic rings.